The summed E-state index contributed by atoms with van der Waals surface area (Å²) < 4.78 is 5.18. The zero-order valence-corrected chi connectivity index (χ0v) is 12.6. The average molecular weight is 284 g/mol. The van der Waals surface area contributed by atoms with E-state index >= 15 is 0 Å². The molecule has 116 valence electrons. The maximum absolute atomic E-state index is 11.6. The third-order valence-electron chi connectivity index (χ3n) is 4.77. The number of ether oxygens (including phenoxy) is 1. The molecule has 0 unspecified atom stereocenters. The van der Waals surface area contributed by atoms with Crippen LogP contribution in [0.3, 0.4) is 0 Å². The summed E-state index contributed by atoms with van der Waals surface area (Å²) in [6.45, 7) is 5.63. The van der Waals surface area contributed by atoms with Crippen LogP contribution in [0.4, 0.5) is 0 Å². The first-order valence-electron chi connectivity index (χ1n) is 7.79. The van der Waals surface area contributed by atoms with Crippen LogP contribution in [0.15, 0.2) is 0 Å². The third-order valence-corrected chi connectivity index (χ3v) is 4.77. The highest BCUT2D eigenvalue weighted by Crippen LogP contribution is 2.33. The van der Waals surface area contributed by atoms with E-state index in [1.54, 1.807) is 7.11 Å². The van der Waals surface area contributed by atoms with E-state index < -0.39 is 0 Å². The lowest BCUT2D eigenvalue weighted by Crippen LogP contribution is -2.48. The number of likely N-dealkylation sites (tertiary alicyclic amines) is 2. The fourth-order valence-electron chi connectivity index (χ4n) is 3.43. The van der Waals surface area contributed by atoms with Gasteiger partial charge < -0.3 is 19.6 Å². The van der Waals surface area contributed by atoms with Gasteiger partial charge in [0.25, 0.3) is 0 Å². The molecule has 2 fully saturated rings. The minimum Gasteiger partial charge on any atom is -0.396 e. The van der Waals surface area contributed by atoms with Gasteiger partial charge in [0.1, 0.15) is 0 Å². The van der Waals surface area contributed by atoms with Gasteiger partial charge in [-0.3, -0.25) is 4.79 Å². The van der Waals surface area contributed by atoms with Crippen LogP contribution in [0.1, 0.15) is 32.1 Å². The van der Waals surface area contributed by atoms with Crippen LogP contribution in [-0.4, -0.2) is 73.9 Å². The molecule has 0 spiro atoms. The molecule has 5 heteroatoms. The summed E-state index contributed by atoms with van der Waals surface area (Å²) in [5.41, 5.74) is -0.0106. The maximum atomic E-state index is 11.6. The molecule has 2 saturated heterocycles. The molecular weight excluding hydrogens is 256 g/mol. The maximum Gasteiger partial charge on any atom is 0.222 e. The molecule has 2 heterocycles. The SMILES string of the molecule is COCC[C@]1(CO)CCCN(CCN2CCCC2=O)C1. The smallest absolute Gasteiger partial charge is 0.222 e. The van der Waals surface area contributed by atoms with E-state index in [4.69, 9.17) is 4.74 Å². The number of piperidine rings is 1. The number of hydrogen-bond donors (Lipinski definition) is 1. The van der Waals surface area contributed by atoms with Crippen molar-refractivity contribution in [1.29, 1.82) is 0 Å². The molecule has 2 aliphatic rings. The standard InChI is InChI=1S/C15H28N2O3/c1-20-11-6-15(13-18)5-3-7-16(12-15)9-10-17-8-2-4-14(17)19/h18H,2-13H2,1H3/t15-/m1/s1. The Kier molecular flexibility index (Phi) is 5.81. The molecule has 2 aliphatic heterocycles. The Labute approximate surface area is 121 Å². The Balaban J connectivity index is 1.81. The Morgan fingerprint density at radius 3 is 2.80 bits per heavy atom. The van der Waals surface area contributed by atoms with Crippen molar-refractivity contribution < 1.29 is 14.6 Å². The van der Waals surface area contributed by atoms with Gasteiger partial charge in [-0.05, 0) is 32.2 Å². The summed E-state index contributed by atoms with van der Waals surface area (Å²) >= 11 is 0. The number of nitrogens with zero attached hydrogens (tertiary/aromatic N) is 2. The van der Waals surface area contributed by atoms with Crippen LogP contribution in [0.2, 0.25) is 0 Å². The van der Waals surface area contributed by atoms with Gasteiger partial charge in [-0.2, -0.15) is 0 Å². The highest BCUT2D eigenvalue weighted by molar-refractivity contribution is 5.78. The lowest BCUT2D eigenvalue weighted by Gasteiger charge is -2.42. The average Bonchev–Trinajstić information content (AvgIpc) is 2.89. The summed E-state index contributed by atoms with van der Waals surface area (Å²) in [7, 11) is 1.71. The summed E-state index contributed by atoms with van der Waals surface area (Å²) in [5, 5.41) is 9.76. The number of carbonyl (C=O) groups excluding carboxylic acids is 1. The number of methoxy groups -OCH3 is 1. The number of rotatable bonds is 7. The Hall–Kier alpha value is -0.650. The lowest BCUT2D eigenvalue weighted by molar-refractivity contribution is -0.128. The predicted molar refractivity (Wildman–Crippen MR) is 77.5 cm³/mol. The van der Waals surface area contributed by atoms with Crippen LogP contribution < -0.4 is 0 Å². The minimum atomic E-state index is -0.0106. The van der Waals surface area contributed by atoms with Gasteiger partial charge in [0.15, 0.2) is 0 Å². The fourth-order valence-corrected chi connectivity index (χ4v) is 3.43. The third kappa shape index (κ3) is 3.93. The lowest BCUT2D eigenvalue weighted by atomic mass is 9.78. The van der Waals surface area contributed by atoms with Crippen molar-refractivity contribution in [2.45, 2.75) is 32.1 Å². The molecule has 0 aromatic carbocycles. The van der Waals surface area contributed by atoms with Gasteiger partial charge in [-0.15, -0.1) is 0 Å². The molecule has 20 heavy (non-hydrogen) atoms. The van der Waals surface area contributed by atoms with Crippen molar-refractivity contribution in [3.8, 4) is 0 Å². The van der Waals surface area contributed by atoms with Crippen LogP contribution in [0, 0.1) is 5.41 Å². The van der Waals surface area contributed by atoms with Crippen LogP contribution in [0.5, 0.6) is 0 Å². The Morgan fingerprint density at radius 1 is 1.30 bits per heavy atom. The second-order valence-electron chi connectivity index (χ2n) is 6.26. The first-order valence-corrected chi connectivity index (χ1v) is 7.79. The quantitative estimate of drug-likeness (QED) is 0.748. The van der Waals surface area contributed by atoms with Gasteiger partial charge in [0, 0.05) is 51.7 Å². The van der Waals surface area contributed by atoms with E-state index in [0.29, 0.717) is 18.9 Å². The summed E-state index contributed by atoms with van der Waals surface area (Å²) in [5.74, 6) is 0.301. The molecule has 1 N–H and O–H groups in total. The zero-order chi connectivity index (χ0) is 14.4. The van der Waals surface area contributed by atoms with E-state index in [2.05, 4.69) is 4.90 Å². The molecule has 0 bridgehead atoms. The van der Waals surface area contributed by atoms with E-state index in [1.807, 2.05) is 4.90 Å². The topological polar surface area (TPSA) is 53.0 Å². The van der Waals surface area contributed by atoms with Gasteiger partial charge in [-0.25, -0.2) is 0 Å². The van der Waals surface area contributed by atoms with Crippen molar-refractivity contribution in [2.75, 3.05) is 53.0 Å². The zero-order valence-electron chi connectivity index (χ0n) is 12.6. The number of aliphatic hydroxyl groups excluding tert-OH is 1. The molecule has 0 saturated carbocycles. The summed E-state index contributed by atoms with van der Waals surface area (Å²) in [6.07, 6.45) is 4.84. The highest BCUT2D eigenvalue weighted by atomic mass is 16.5. The molecule has 2 rings (SSSR count). The fraction of sp³-hybridized carbons (Fsp3) is 0.933. The monoisotopic (exact) mass is 284 g/mol. The van der Waals surface area contributed by atoms with Crippen LogP contribution >= 0.6 is 0 Å². The Bertz CT molecular complexity index is 324. The largest absolute Gasteiger partial charge is 0.396 e. The molecule has 0 aromatic heterocycles. The number of carbonyl (C=O) groups is 1. The molecule has 5 nitrogen and oxygen atoms in total. The number of hydrogen-bond acceptors (Lipinski definition) is 4. The number of aliphatic hydroxyl groups is 1. The van der Waals surface area contributed by atoms with Crippen LogP contribution in [0.25, 0.3) is 0 Å². The Morgan fingerprint density at radius 2 is 2.15 bits per heavy atom. The van der Waals surface area contributed by atoms with E-state index in [1.165, 1.54) is 0 Å². The highest BCUT2D eigenvalue weighted by Gasteiger charge is 2.34. The molecule has 0 radical (unpaired) electrons. The van der Waals surface area contributed by atoms with Crippen LogP contribution in [-0.2, 0) is 9.53 Å². The second kappa shape index (κ2) is 7.38. The summed E-state index contributed by atoms with van der Waals surface area (Å²) in [4.78, 5) is 16.0. The molecule has 1 atom stereocenters. The molecular formula is C15H28N2O3. The van der Waals surface area contributed by atoms with Crippen molar-refractivity contribution in [1.82, 2.24) is 9.80 Å². The van der Waals surface area contributed by atoms with E-state index in [-0.39, 0.29) is 12.0 Å². The number of amides is 1. The van der Waals surface area contributed by atoms with Crippen molar-refractivity contribution >= 4 is 5.91 Å². The van der Waals surface area contributed by atoms with Gasteiger partial charge in [-0.1, -0.05) is 0 Å². The van der Waals surface area contributed by atoms with Crippen molar-refractivity contribution in [2.24, 2.45) is 5.41 Å². The first-order chi connectivity index (χ1) is 9.69. The molecule has 0 aromatic rings. The molecule has 0 aliphatic carbocycles. The van der Waals surface area contributed by atoms with E-state index in [0.717, 1.165) is 58.4 Å². The van der Waals surface area contributed by atoms with Crippen molar-refractivity contribution in [3.05, 3.63) is 0 Å². The van der Waals surface area contributed by atoms with Gasteiger partial charge >= 0.3 is 0 Å². The first kappa shape index (κ1) is 15.7. The van der Waals surface area contributed by atoms with Gasteiger partial charge in [0.05, 0.1) is 6.61 Å². The normalized spacial score (nSPS) is 28.3. The predicted octanol–water partition coefficient (Wildman–Crippen LogP) is 0.720. The van der Waals surface area contributed by atoms with Crippen molar-refractivity contribution in [3.63, 3.8) is 0 Å². The van der Waals surface area contributed by atoms with Gasteiger partial charge in [0.2, 0.25) is 5.91 Å². The minimum absolute atomic E-state index is 0.0106. The second-order valence-corrected chi connectivity index (χ2v) is 6.26. The molecule has 1 amide bonds. The summed E-state index contributed by atoms with van der Waals surface area (Å²) in [6, 6.07) is 0. The van der Waals surface area contributed by atoms with E-state index in [9.17, 15) is 9.90 Å².